The first-order valence-electron chi connectivity index (χ1n) is 6.27. The monoisotopic (exact) mass is 212 g/mol. The summed E-state index contributed by atoms with van der Waals surface area (Å²) in [6, 6.07) is 0. The fourth-order valence-corrected chi connectivity index (χ4v) is 2.61. The summed E-state index contributed by atoms with van der Waals surface area (Å²) < 4.78 is 5.26. The number of methoxy groups -OCH3 is 1. The van der Waals surface area contributed by atoms with Crippen LogP contribution in [0.25, 0.3) is 0 Å². The van der Waals surface area contributed by atoms with Crippen molar-refractivity contribution >= 4 is 5.78 Å². The molecule has 0 saturated heterocycles. The van der Waals surface area contributed by atoms with E-state index < -0.39 is 0 Å². The zero-order valence-corrected chi connectivity index (χ0v) is 10.2. The van der Waals surface area contributed by atoms with E-state index in [9.17, 15) is 4.79 Å². The first-order valence-corrected chi connectivity index (χ1v) is 6.27. The molecule has 0 aliphatic heterocycles. The van der Waals surface area contributed by atoms with Crippen LogP contribution in [0.5, 0.6) is 0 Å². The number of carbonyl (C=O) groups excluding carboxylic acids is 1. The number of Topliss-reactive ketones (excluding diaryl/α,β-unsaturated/α-hetero) is 1. The van der Waals surface area contributed by atoms with Gasteiger partial charge in [0.05, 0.1) is 12.0 Å². The Morgan fingerprint density at radius 2 is 1.93 bits per heavy atom. The number of hydrogen-bond acceptors (Lipinski definition) is 2. The largest absolute Gasteiger partial charge is 0.384 e. The Bertz CT molecular complexity index is 187. The van der Waals surface area contributed by atoms with E-state index in [4.69, 9.17) is 4.74 Å². The fourth-order valence-electron chi connectivity index (χ4n) is 2.61. The van der Waals surface area contributed by atoms with Gasteiger partial charge in [0, 0.05) is 13.5 Å². The maximum atomic E-state index is 12.2. The second-order valence-corrected chi connectivity index (χ2v) is 4.80. The molecule has 2 nitrogen and oxygen atoms in total. The smallest absolute Gasteiger partial charge is 0.141 e. The Kier molecular flexibility index (Phi) is 5.30. The molecule has 0 amide bonds. The molecule has 0 atom stereocenters. The van der Waals surface area contributed by atoms with Crippen molar-refractivity contribution in [1.29, 1.82) is 0 Å². The summed E-state index contributed by atoms with van der Waals surface area (Å²) in [5.41, 5.74) is -0.123. The van der Waals surface area contributed by atoms with Gasteiger partial charge in [0.2, 0.25) is 0 Å². The highest BCUT2D eigenvalue weighted by atomic mass is 16.5. The molecule has 88 valence electrons. The molecule has 15 heavy (non-hydrogen) atoms. The van der Waals surface area contributed by atoms with Crippen LogP contribution in [0.1, 0.15) is 58.3 Å². The van der Waals surface area contributed by atoms with Gasteiger partial charge in [0.15, 0.2) is 0 Å². The third-order valence-electron chi connectivity index (χ3n) is 3.58. The van der Waals surface area contributed by atoms with Gasteiger partial charge in [-0.3, -0.25) is 4.79 Å². The molecule has 1 aliphatic carbocycles. The number of rotatable bonds is 6. The summed E-state index contributed by atoms with van der Waals surface area (Å²) in [6.07, 6.45) is 8.65. The molecule has 0 bridgehead atoms. The van der Waals surface area contributed by atoms with Crippen LogP contribution in [0.4, 0.5) is 0 Å². The molecular formula is C13H24O2. The van der Waals surface area contributed by atoms with E-state index in [1.807, 2.05) is 0 Å². The summed E-state index contributed by atoms with van der Waals surface area (Å²) in [6.45, 7) is 2.77. The molecule has 0 N–H and O–H groups in total. The van der Waals surface area contributed by atoms with Crippen LogP contribution in [-0.2, 0) is 9.53 Å². The first-order chi connectivity index (χ1) is 7.25. The normalized spacial score (nSPS) is 20.1. The average molecular weight is 212 g/mol. The van der Waals surface area contributed by atoms with Crippen LogP contribution < -0.4 is 0 Å². The molecule has 2 heteroatoms. The Hall–Kier alpha value is -0.370. The van der Waals surface area contributed by atoms with Crippen LogP contribution in [0, 0.1) is 5.41 Å². The van der Waals surface area contributed by atoms with E-state index >= 15 is 0 Å². The Morgan fingerprint density at radius 3 is 2.47 bits per heavy atom. The van der Waals surface area contributed by atoms with Crippen LogP contribution >= 0.6 is 0 Å². The van der Waals surface area contributed by atoms with Crippen molar-refractivity contribution in [2.45, 2.75) is 58.3 Å². The topological polar surface area (TPSA) is 26.3 Å². The SMILES string of the molecule is CCCCC(=O)C1(COC)CCCCC1. The minimum atomic E-state index is -0.123. The minimum absolute atomic E-state index is 0.123. The second kappa shape index (κ2) is 6.26. The summed E-state index contributed by atoms with van der Waals surface area (Å²) in [5.74, 6) is 0.450. The van der Waals surface area contributed by atoms with Crippen molar-refractivity contribution < 1.29 is 9.53 Å². The van der Waals surface area contributed by atoms with Crippen molar-refractivity contribution in [2.24, 2.45) is 5.41 Å². The predicted octanol–water partition coefficient (Wildman–Crippen LogP) is 3.34. The van der Waals surface area contributed by atoms with Gasteiger partial charge in [-0.05, 0) is 19.3 Å². The molecule has 1 aliphatic rings. The van der Waals surface area contributed by atoms with Gasteiger partial charge >= 0.3 is 0 Å². The predicted molar refractivity (Wildman–Crippen MR) is 61.9 cm³/mol. The lowest BCUT2D eigenvalue weighted by Crippen LogP contribution is -2.37. The average Bonchev–Trinajstić information content (AvgIpc) is 2.27. The summed E-state index contributed by atoms with van der Waals surface area (Å²) in [4.78, 5) is 12.2. The summed E-state index contributed by atoms with van der Waals surface area (Å²) in [5, 5.41) is 0. The van der Waals surface area contributed by atoms with E-state index in [2.05, 4.69) is 6.92 Å². The summed E-state index contributed by atoms with van der Waals surface area (Å²) in [7, 11) is 1.71. The number of ether oxygens (including phenoxy) is 1. The van der Waals surface area contributed by atoms with Crippen LogP contribution in [0.15, 0.2) is 0 Å². The number of carbonyl (C=O) groups is 1. The molecular weight excluding hydrogens is 188 g/mol. The third kappa shape index (κ3) is 3.30. The van der Waals surface area contributed by atoms with E-state index in [0.717, 1.165) is 32.1 Å². The highest BCUT2D eigenvalue weighted by Crippen LogP contribution is 2.38. The molecule has 0 heterocycles. The van der Waals surface area contributed by atoms with Crippen molar-refractivity contribution in [1.82, 2.24) is 0 Å². The van der Waals surface area contributed by atoms with Gasteiger partial charge in [-0.15, -0.1) is 0 Å². The fraction of sp³-hybridized carbons (Fsp3) is 0.923. The Labute approximate surface area is 93.4 Å². The molecule has 0 radical (unpaired) electrons. The highest BCUT2D eigenvalue weighted by Gasteiger charge is 2.38. The summed E-state index contributed by atoms with van der Waals surface area (Å²) >= 11 is 0. The van der Waals surface area contributed by atoms with Crippen molar-refractivity contribution in [3.05, 3.63) is 0 Å². The third-order valence-corrected chi connectivity index (χ3v) is 3.58. The zero-order chi connectivity index (χ0) is 11.1. The van der Waals surface area contributed by atoms with Crippen LogP contribution in [-0.4, -0.2) is 19.5 Å². The molecule has 0 aromatic carbocycles. The zero-order valence-electron chi connectivity index (χ0n) is 10.2. The van der Waals surface area contributed by atoms with Gasteiger partial charge in [-0.1, -0.05) is 32.6 Å². The van der Waals surface area contributed by atoms with Gasteiger partial charge in [-0.2, -0.15) is 0 Å². The van der Waals surface area contributed by atoms with E-state index in [-0.39, 0.29) is 5.41 Å². The lowest BCUT2D eigenvalue weighted by Gasteiger charge is -2.35. The molecule has 0 aromatic heterocycles. The molecule has 1 rings (SSSR count). The van der Waals surface area contributed by atoms with E-state index in [0.29, 0.717) is 12.4 Å². The lowest BCUT2D eigenvalue weighted by molar-refractivity contribution is -0.134. The molecule has 0 spiro atoms. The lowest BCUT2D eigenvalue weighted by atomic mass is 9.70. The molecule has 1 saturated carbocycles. The quantitative estimate of drug-likeness (QED) is 0.675. The molecule has 0 aromatic rings. The maximum Gasteiger partial charge on any atom is 0.141 e. The number of ketones is 1. The Balaban J connectivity index is 2.57. The van der Waals surface area contributed by atoms with Crippen LogP contribution in [0.3, 0.4) is 0 Å². The number of unbranched alkanes of at least 4 members (excludes halogenated alkanes) is 1. The van der Waals surface area contributed by atoms with Crippen LogP contribution in [0.2, 0.25) is 0 Å². The van der Waals surface area contributed by atoms with Gasteiger partial charge < -0.3 is 4.74 Å². The number of hydrogen-bond donors (Lipinski definition) is 0. The Morgan fingerprint density at radius 1 is 1.27 bits per heavy atom. The first kappa shape index (κ1) is 12.7. The van der Waals surface area contributed by atoms with Gasteiger partial charge in [0.25, 0.3) is 0 Å². The standard InChI is InChI=1S/C13H24O2/c1-3-4-8-12(14)13(11-15-2)9-6-5-7-10-13/h3-11H2,1-2H3. The highest BCUT2D eigenvalue weighted by molar-refractivity contribution is 5.85. The second-order valence-electron chi connectivity index (χ2n) is 4.80. The van der Waals surface area contributed by atoms with Crippen molar-refractivity contribution in [3.63, 3.8) is 0 Å². The van der Waals surface area contributed by atoms with Crippen molar-refractivity contribution in [3.8, 4) is 0 Å². The van der Waals surface area contributed by atoms with Crippen molar-refractivity contribution in [2.75, 3.05) is 13.7 Å². The van der Waals surface area contributed by atoms with Gasteiger partial charge in [0.1, 0.15) is 5.78 Å². The minimum Gasteiger partial charge on any atom is -0.384 e. The molecule has 0 unspecified atom stereocenters. The van der Waals surface area contributed by atoms with E-state index in [1.165, 1.54) is 19.3 Å². The maximum absolute atomic E-state index is 12.2. The van der Waals surface area contributed by atoms with Gasteiger partial charge in [-0.25, -0.2) is 0 Å². The molecule has 1 fully saturated rings. The van der Waals surface area contributed by atoms with E-state index in [1.54, 1.807) is 7.11 Å².